The van der Waals surface area contributed by atoms with Crippen LogP contribution in [0.25, 0.3) is 0 Å². The first kappa shape index (κ1) is 23.4. The summed E-state index contributed by atoms with van der Waals surface area (Å²) in [6.45, 7) is 11.5. The molecular weight excluding hydrogens is 324 g/mol. The minimum Gasteiger partial charge on any atom is -0.412 e. The van der Waals surface area contributed by atoms with E-state index in [1.807, 2.05) is 27.7 Å². The first-order chi connectivity index (χ1) is 9.42. The summed E-state index contributed by atoms with van der Waals surface area (Å²) in [5.74, 6) is 1.84. The maximum Gasteiger partial charge on any atom is 0.133 e. The summed E-state index contributed by atoms with van der Waals surface area (Å²) in [6, 6.07) is 0. The Morgan fingerprint density at radius 1 is 0.818 bits per heavy atom. The second kappa shape index (κ2) is 10.0. The highest BCUT2D eigenvalue weighted by Crippen LogP contribution is 2.19. The molecule has 0 aromatic carbocycles. The molecule has 0 saturated carbocycles. The van der Waals surface area contributed by atoms with E-state index in [2.05, 4.69) is 54.2 Å². The molecule has 0 amide bonds. The Morgan fingerprint density at radius 2 is 1.14 bits per heavy atom. The van der Waals surface area contributed by atoms with E-state index in [1.54, 1.807) is 0 Å². The van der Waals surface area contributed by atoms with Gasteiger partial charge in [0.2, 0.25) is 0 Å². The van der Waals surface area contributed by atoms with Crippen LogP contribution >= 0.6 is 23.3 Å². The maximum absolute atomic E-state index is 4.47. The van der Waals surface area contributed by atoms with E-state index >= 15 is 0 Å². The Labute approximate surface area is 142 Å². The van der Waals surface area contributed by atoms with Gasteiger partial charge in [-0.2, -0.15) is 10.2 Å². The standard InChI is InChI=1S/C12H22N6.2H2O.H2S2/c1-11(2,9-13-5-6-14-9)17-18-12(3,4)10-15-7-8-16-10;;;1-2/h5-8H2,1-4H3,(H,13,14)(H,15,16);2*1H2;1-2H. The van der Waals surface area contributed by atoms with Crippen LogP contribution in [-0.4, -0.2) is 59.9 Å². The fourth-order valence-corrected chi connectivity index (χ4v) is 1.96. The first-order valence-electron chi connectivity index (χ1n) is 6.63. The van der Waals surface area contributed by atoms with Gasteiger partial charge in [-0.05, 0) is 27.7 Å². The molecule has 0 aliphatic carbocycles. The van der Waals surface area contributed by atoms with Crippen LogP contribution in [0.5, 0.6) is 0 Å². The van der Waals surface area contributed by atoms with Crippen molar-refractivity contribution in [1.29, 1.82) is 0 Å². The number of nitrogens with one attached hydrogen (secondary N) is 2. The molecule has 0 radical (unpaired) electrons. The highest BCUT2D eigenvalue weighted by atomic mass is 33.1. The molecule has 2 aliphatic rings. The molecular formula is C12H28N6O2S2. The number of hydrogen-bond acceptors (Lipinski definition) is 8. The van der Waals surface area contributed by atoms with Crippen LogP contribution in [0, 0.1) is 0 Å². The number of hydrogen-bond donors (Lipinski definition) is 4. The van der Waals surface area contributed by atoms with Crippen molar-refractivity contribution in [3.8, 4) is 0 Å². The van der Waals surface area contributed by atoms with Gasteiger partial charge in [-0.15, -0.1) is 23.3 Å². The van der Waals surface area contributed by atoms with Crippen molar-refractivity contribution in [2.24, 2.45) is 20.2 Å². The monoisotopic (exact) mass is 352 g/mol. The third-order valence-electron chi connectivity index (χ3n) is 3.06. The summed E-state index contributed by atoms with van der Waals surface area (Å²) >= 11 is 6.44. The van der Waals surface area contributed by atoms with Crippen LogP contribution in [0.15, 0.2) is 20.2 Å². The van der Waals surface area contributed by atoms with Crippen LogP contribution in [0.2, 0.25) is 0 Å². The lowest BCUT2D eigenvalue weighted by molar-refractivity contribution is 0.552. The van der Waals surface area contributed by atoms with Gasteiger partial charge in [-0.25, -0.2) is 0 Å². The summed E-state index contributed by atoms with van der Waals surface area (Å²) in [5, 5.41) is 15.4. The largest absolute Gasteiger partial charge is 0.412 e. The Hall–Kier alpha value is -0.840. The number of nitrogens with zero attached hydrogens (tertiary/aromatic N) is 4. The van der Waals surface area contributed by atoms with Crippen LogP contribution < -0.4 is 10.6 Å². The van der Waals surface area contributed by atoms with Crippen LogP contribution in [0.3, 0.4) is 0 Å². The molecule has 22 heavy (non-hydrogen) atoms. The molecule has 0 aromatic heterocycles. The highest BCUT2D eigenvalue weighted by molar-refractivity contribution is 8.59. The fraction of sp³-hybridized carbons (Fsp3) is 0.833. The van der Waals surface area contributed by atoms with Gasteiger partial charge in [0.25, 0.3) is 0 Å². The number of amidine groups is 2. The molecule has 0 saturated heterocycles. The lowest BCUT2D eigenvalue weighted by Gasteiger charge is -2.23. The van der Waals surface area contributed by atoms with Crippen molar-refractivity contribution in [2.45, 2.75) is 38.8 Å². The summed E-state index contributed by atoms with van der Waals surface area (Å²) in [6.07, 6.45) is 0. The molecule has 8 nitrogen and oxygen atoms in total. The molecule has 2 aliphatic heterocycles. The minimum atomic E-state index is -0.396. The number of azo groups is 1. The summed E-state index contributed by atoms with van der Waals surface area (Å²) in [4.78, 5) is 8.82. The second-order valence-corrected chi connectivity index (χ2v) is 5.63. The molecule has 10 heteroatoms. The van der Waals surface area contributed by atoms with E-state index in [4.69, 9.17) is 0 Å². The van der Waals surface area contributed by atoms with Gasteiger partial charge in [-0.1, -0.05) is 0 Å². The van der Waals surface area contributed by atoms with E-state index in [0.29, 0.717) is 0 Å². The van der Waals surface area contributed by atoms with Crippen LogP contribution in [-0.2, 0) is 0 Å². The van der Waals surface area contributed by atoms with Crippen molar-refractivity contribution < 1.29 is 11.0 Å². The first-order valence-corrected chi connectivity index (χ1v) is 8.23. The quantitative estimate of drug-likeness (QED) is 0.324. The molecule has 0 unspecified atom stereocenters. The average molecular weight is 353 g/mol. The molecule has 2 heterocycles. The number of aliphatic imine (C=N–C) groups is 2. The zero-order chi connectivity index (χ0) is 15.2. The Morgan fingerprint density at radius 3 is 1.36 bits per heavy atom. The lowest BCUT2D eigenvalue weighted by Crippen LogP contribution is -2.41. The predicted molar refractivity (Wildman–Crippen MR) is 98.8 cm³/mol. The van der Waals surface area contributed by atoms with Crippen molar-refractivity contribution in [3.05, 3.63) is 0 Å². The molecule has 0 fully saturated rings. The zero-order valence-corrected chi connectivity index (χ0v) is 15.3. The van der Waals surface area contributed by atoms with Crippen LogP contribution in [0.4, 0.5) is 0 Å². The second-order valence-electron chi connectivity index (χ2n) is 5.63. The third kappa shape index (κ3) is 6.11. The van der Waals surface area contributed by atoms with Gasteiger partial charge in [0.15, 0.2) is 0 Å². The molecule has 130 valence electrons. The topological polar surface area (TPSA) is 136 Å². The van der Waals surface area contributed by atoms with E-state index in [9.17, 15) is 0 Å². The molecule has 0 atom stereocenters. The Balaban J connectivity index is 0. The van der Waals surface area contributed by atoms with Crippen molar-refractivity contribution >= 4 is 35.0 Å². The van der Waals surface area contributed by atoms with Gasteiger partial charge < -0.3 is 21.6 Å². The van der Waals surface area contributed by atoms with E-state index in [1.165, 1.54) is 0 Å². The number of rotatable bonds is 4. The van der Waals surface area contributed by atoms with Gasteiger partial charge in [0, 0.05) is 13.1 Å². The SMILES string of the molecule is CC(C)(N=NC(C)(C)C1=NCCN1)C1=NCCN1.O.O.SS. The summed E-state index contributed by atoms with van der Waals surface area (Å²) < 4.78 is 0. The maximum atomic E-state index is 4.47. The molecule has 0 aromatic rings. The number of thiol groups is 2. The molecule has 0 bridgehead atoms. The van der Waals surface area contributed by atoms with Gasteiger partial charge in [0.1, 0.15) is 22.7 Å². The smallest absolute Gasteiger partial charge is 0.133 e. The highest BCUT2D eigenvalue weighted by Gasteiger charge is 2.31. The van der Waals surface area contributed by atoms with Crippen LogP contribution in [0.1, 0.15) is 27.7 Å². The third-order valence-corrected chi connectivity index (χ3v) is 3.06. The van der Waals surface area contributed by atoms with Gasteiger partial charge in [0.05, 0.1) is 13.1 Å². The fourth-order valence-electron chi connectivity index (χ4n) is 1.96. The predicted octanol–water partition coefficient (Wildman–Crippen LogP) is 0.111. The van der Waals surface area contributed by atoms with E-state index in [-0.39, 0.29) is 11.0 Å². The van der Waals surface area contributed by atoms with Crippen molar-refractivity contribution in [1.82, 2.24) is 10.6 Å². The lowest BCUT2D eigenvalue weighted by atomic mass is 10.0. The molecule has 6 N–H and O–H groups in total. The van der Waals surface area contributed by atoms with Crippen molar-refractivity contribution in [2.75, 3.05) is 26.2 Å². The Kier molecular flexibility index (Phi) is 10.7. The van der Waals surface area contributed by atoms with E-state index in [0.717, 1.165) is 37.9 Å². The van der Waals surface area contributed by atoms with Crippen molar-refractivity contribution in [3.63, 3.8) is 0 Å². The van der Waals surface area contributed by atoms with Gasteiger partial charge in [-0.3, -0.25) is 9.98 Å². The molecule has 2 rings (SSSR count). The summed E-state index contributed by atoms with van der Waals surface area (Å²) in [7, 11) is 0. The van der Waals surface area contributed by atoms with Gasteiger partial charge >= 0.3 is 0 Å². The average Bonchev–Trinajstić information content (AvgIpc) is 3.12. The normalized spacial score (nSPS) is 17.2. The van der Waals surface area contributed by atoms with E-state index < -0.39 is 11.1 Å². The Bertz CT molecular complexity index is 386. The molecule has 0 spiro atoms. The zero-order valence-electron chi connectivity index (χ0n) is 13.5. The minimum absolute atomic E-state index is 0. The summed E-state index contributed by atoms with van der Waals surface area (Å²) in [5.41, 5.74) is -0.792.